The Bertz CT molecular complexity index is 600. The maximum atomic E-state index is 11.7. The summed E-state index contributed by atoms with van der Waals surface area (Å²) in [6, 6.07) is 16.7. The molecule has 0 radical (unpaired) electrons. The molecule has 2 N–H and O–H groups in total. The molecule has 0 aromatic heterocycles. The Labute approximate surface area is 112 Å². The molecule has 0 saturated carbocycles. The molecule has 0 saturated heterocycles. The summed E-state index contributed by atoms with van der Waals surface area (Å²) >= 11 is 0. The van der Waals surface area contributed by atoms with E-state index >= 15 is 0 Å². The van der Waals surface area contributed by atoms with Crippen molar-refractivity contribution in [3.63, 3.8) is 0 Å². The van der Waals surface area contributed by atoms with E-state index in [9.17, 15) is 4.79 Å². The molecule has 0 aliphatic rings. The van der Waals surface area contributed by atoms with Gasteiger partial charge in [-0.05, 0) is 30.3 Å². The number of terminal acetylenes is 1. The maximum absolute atomic E-state index is 11.7. The normalized spacial score (nSPS) is 9.42. The Morgan fingerprint density at radius 3 is 2.53 bits per heavy atom. The van der Waals surface area contributed by atoms with Crippen LogP contribution in [0.5, 0.6) is 0 Å². The third-order valence-electron chi connectivity index (χ3n) is 2.54. The molecule has 0 fully saturated rings. The molecule has 19 heavy (non-hydrogen) atoms. The Kier molecular flexibility index (Phi) is 4.20. The topological polar surface area (TPSA) is 41.1 Å². The van der Waals surface area contributed by atoms with E-state index in [0.29, 0.717) is 0 Å². The van der Waals surface area contributed by atoms with Gasteiger partial charge in [-0.15, -0.1) is 6.42 Å². The van der Waals surface area contributed by atoms with Crippen molar-refractivity contribution in [3.05, 3.63) is 60.2 Å². The van der Waals surface area contributed by atoms with Crippen molar-refractivity contribution in [2.75, 3.05) is 17.2 Å². The van der Waals surface area contributed by atoms with Crippen LogP contribution < -0.4 is 10.6 Å². The summed E-state index contributed by atoms with van der Waals surface area (Å²) in [6.45, 7) is 0.197. The van der Waals surface area contributed by atoms with Crippen LogP contribution in [0.4, 0.5) is 11.4 Å². The van der Waals surface area contributed by atoms with E-state index < -0.39 is 0 Å². The van der Waals surface area contributed by atoms with Gasteiger partial charge in [-0.3, -0.25) is 4.79 Å². The molecule has 0 aliphatic carbocycles. The number of benzene rings is 2. The van der Waals surface area contributed by atoms with Gasteiger partial charge in [-0.25, -0.2) is 0 Å². The van der Waals surface area contributed by atoms with Crippen molar-refractivity contribution in [1.82, 2.24) is 0 Å². The number of nitrogens with one attached hydrogen (secondary N) is 2. The van der Waals surface area contributed by atoms with Gasteiger partial charge in [0.05, 0.1) is 6.54 Å². The first kappa shape index (κ1) is 12.7. The minimum Gasteiger partial charge on any atom is -0.376 e. The van der Waals surface area contributed by atoms with Gasteiger partial charge in [0.25, 0.3) is 0 Å². The second-order valence-electron chi connectivity index (χ2n) is 3.99. The highest BCUT2D eigenvalue weighted by atomic mass is 16.1. The van der Waals surface area contributed by atoms with Crippen molar-refractivity contribution in [1.29, 1.82) is 0 Å². The van der Waals surface area contributed by atoms with E-state index in [-0.39, 0.29) is 12.5 Å². The smallest absolute Gasteiger partial charge is 0.243 e. The average molecular weight is 250 g/mol. The van der Waals surface area contributed by atoms with Crippen LogP contribution in [0.1, 0.15) is 5.56 Å². The highest BCUT2D eigenvalue weighted by Crippen LogP contribution is 2.09. The summed E-state index contributed by atoms with van der Waals surface area (Å²) in [6.07, 6.45) is 5.32. The minimum absolute atomic E-state index is 0.0997. The number of anilines is 2. The van der Waals surface area contributed by atoms with E-state index in [1.807, 2.05) is 54.6 Å². The van der Waals surface area contributed by atoms with Gasteiger partial charge in [-0.1, -0.05) is 30.2 Å². The summed E-state index contributed by atoms with van der Waals surface area (Å²) in [4.78, 5) is 11.7. The highest BCUT2D eigenvalue weighted by Gasteiger charge is 2.01. The quantitative estimate of drug-likeness (QED) is 0.819. The lowest BCUT2D eigenvalue weighted by Gasteiger charge is -2.08. The Morgan fingerprint density at radius 2 is 1.79 bits per heavy atom. The van der Waals surface area contributed by atoms with Crippen LogP contribution in [0.15, 0.2) is 54.6 Å². The second kappa shape index (κ2) is 6.27. The molecule has 0 heterocycles. The van der Waals surface area contributed by atoms with Crippen molar-refractivity contribution >= 4 is 17.3 Å². The summed E-state index contributed by atoms with van der Waals surface area (Å²) in [7, 11) is 0. The number of rotatable bonds is 4. The Morgan fingerprint density at radius 1 is 1.05 bits per heavy atom. The minimum atomic E-state index is -0.0997. The van der Waals surface area contributed by atoms with Crippen LogP contribution in [-0.2, 0) is 4.79 Å². The molecule has 0 unspecified atom stereocenters. The first-order valence-corrected chi connectivity index (χ1v) is 5.93. The average Bonchev–Trinajstić information content (AvgIpc) is 2.46. The van der Waals surface area contributed by atoms with Crippen LogP contribution >= 0.6 is 0 Å². The number of amides is 1. The fraction of sp³-hybridized carbons (Fsp3) is 0.0625. The lowest BCUT2D eigenvalue weighted by Crippen LogP contribution is -2.21. The summed E-state index contributed by atoms with van der Waals surface area (Å²) < 4.78 is 0. The maximum Gasteiger partial charge on any atom is 0.243 e. The fourth-order valence-electron chi connectivity index (χ4n) is 1.63. The fourth-order valence-corrected chi connectivity index (χ4v) is 1.63. The highest BCUT2D eigenvalue weighted by molar-refractivity contribution is 5.93. The molecule has 1 amide bonds. The molecule has 0 spiro atoms. The number of para-hydroxylation sites is 1. The first-order chi connectivity index (χ1) is 9.28. The molecule has 2 aromatic carbocycles. The zero-order valence-corrected chi connectivity index (χ0v) is 10.4. The van der Waals surface area contributed by atoms with Crippen LogP contribution in [-0.4, -0.2) is 12.5 Å². The van der Waals surface area contributed by atoms with Gasteiger partial charge in [-0.2, -0.15) is 0 Å². The molecule has 94 valence electrons. The van der Waals surface area contributed by atoms with Gasteiger partial charge in [0, 0.05) is 16.9 Å². The number of hydrogen-bond acceptors (Lipinski definition) is 2. The van der Waals surface area contributed by atoms with E-state index in [4.69, 9.17) is 6.42 Å². The molecule has 3 heteroatoms. The molecule has 2 aromatic rings. The van der Waals surface area contributed by atoms with Crippen molar-refractivity contribution in [2.24, 2.45) is 0 Å². The Hall–Kier alpha value is -2.73. The summed E-state index contributed by atoms with van der Waals surface area (Å²) in [5.41, 5.74) is 2.40. The SMILES string of the molecule is C#Cc1cccc(NCC(=O)Nc2ccccc2)c1. The van der Waals surface area contributed by atoms with Crippen molar-refractivity contribution < 1.29 is 4.79 Å². The number of carbonyl (C=O) groups is 1. The van der Waals surface area contributed by atoms with Crippen LogP contribution in [0.25, 0.3) is 0 Å². The first-order valence-electron chi connectivity index (χ1n) is 5.93. The third-order valence-corrected chi connectivity index (χ3v) is 2.54. The van der Waals surface area contributed by atoms with E-state index in [1.165, 1.54) is 0 Å². The second-order valence-corrected chi connectivity index (χ2v) is 3.99. The molecule has 0 aliphatic heterocycles. The van der Waals surface area contributed by atoms with Crippen LogP contribution in [0, 0.1) is 12.3 Å². The third kappa shape index (κ3) is 3.90. The van der Waals surface area contributed by atoms with Gasteiger partial charge in [0.2, 0.25) is 5.91 Å². The monoisotopic (exact) mass is 250 g/mol. The van der Waals surface area contributed by atoms with Crippen molar-refractivity contribution in [2.45, 2.75) is 0 Å². The predicted octanol–water partition coefficient (Wildman–Crippen LogP) is 2.72. The number of hydrogen-bond donors (Lipinski definition) is 2. The van der Waals surface area contributed by atoms with Gasteiger partial charge < -0.3 is 10.6 Å². The molecule has 3 nitrogen and oxygen atoms in total. The zero-order chi connectivity index (χ0) is 13.5. The molecular formula is C16H14N2O. The molecule has 0 atom stereocenters. The van der Waals surface area contributed by atoms with Crippen LogP contribution in [0.3, 0.4) is 0 Å². The van der Waals surface area contributed by atoms with Crippen LogP contribution in [0.2, 0.25) is 0 Å². The molecular weight excluding hydrogens is 236 g/mol. The standard InChI is InChI=1S/C16H14N2O/c1-2-13-7-6-10-15(11-13)17-12-16(19)18-14-8-4-3-5-9-14/h1,3-11,17H,12H2,(H,18,19). The number of carbonyl (C=O) groups excluding carboxylic acids is 1. The molecule has 0 bridgehead atoms. The van der Waals surface area contributed by atoms with E-state index in [0.717, 1.165) is 16.9 Å². The van der Waals surface area contributed by atoms with E-state index in [1.54, 1.807) is 0 Å². The largest absolute Gasteiger partial charge is 0.376 e. The molecule has 2 rings (SSSR count). The van der Waals surface area contributed by atoms with Gasteiger partial charge in [0.1, 0.15) is 0 Å². The van der Waals surface area contributed by atoms with Crippen molar-refractivity contribution in [3.8, 4) is 12.3 Å². The summed E-state index contributed by atoms with van der Waals surface area (Å²) in [5, 5.41) is 5.83. The lowest BCUT2D eigenvalue weighted by atomic mass is 10.2. The summed E-state index contributed by atoms with van der Waals surface area (Å²) in [5.74, 6) is 2.45. The van der Waals surface area contributed by atoms with Gasteiger partial charge in [0.15, 0.2) is 0 Å². The predicted molar refractivity (Wildman–Crippen MR) is 77.9 cm³/mol. The van der Waals surface area contributed by atoms with Gasteiger partial charge >= 0.3 is 0 Å². The zero-order valence-electron chi connectivity index (χ0n) is 10.4. The van der Waals surface area contributed by atoms with E-state index in [2.05, 4.69) is 16.6 Å². The Balaban J connectivity index is 1.88. The lowest BCUT2D eigenvalue weighted by molar-refractivity contribution is -0.114.